The van der Waals surface area contributed by atoms with Crippen LogP contribution in [0, 0.1) is 16.0 Å². The van der Waals surface area contributed by atoms with Gasteiger partial charge in [-0.1, -0.05) is 12.2 Å². The van der Waals surface area contributed by atoms with Gasteiger partial charge in [-0.05, 0) is 12.1 Å². The summed E-state index contributed by atoms with van der Waals surface area (Å²) in [5.74, 6) is 0.531. The largest absolute Gasteiger partial charge is 0.491 e. The second kappa shape index (κ2) is 4.43. The summed E-state index contributed by atoms with van der Waals surface area (Å²) in [5, 5.41) is 8.76. The third-order valence-electron chi connectivity index (χ3n) is 1.98. The number of nitrogens with one attached hydrogen (secondary N) is 1. The lowest BCUT2D eigenvalue weighted by molar-refractivity contribution is 0.411. The molecule has 4 nitrogen and oxygen atoms in total. The molecule has 0 bridgehead atoms. The molecule has 16 heavy (non-hydrogen) atoms. The Morgan fingerprint density at radius 2 is 2.38 bits per heavy atom. The van der Waals surface area contributed by atoms with Crippen molar-refractivity contribution in [2.24, 2.45) is 0 Å². The molecule has 0 aliphatic carbocycles. The Kier molecular flexibility index (Phi) is 2.99. The van der Waals surface area contributed by atoms with Crippen LogP contribution in [0.15, 0.2) is 18.5 Å². The lowest BCUT2D eigenvalue weighted by Crippen LogP contribution is -1.92. The Hall–Kier alpha value is -1.71. The van der Waals surface area contributed by atoms with Crippen molar-refractivity contribution in [3.63, 3.8) is 0 Å². The molecule has 1 N–H and O–H groups in total. The first-order valence-corrected chi connectivity index (χ1v) is 5.60. The fraction of sp³-hybridized carbons (Fsp3) is 0.100. The van der Waals surface area contributed by atoms with Crippen molar-refractivity contribution in [1.29, 1.82) is 5.26 Å². The van der Waals surface area contributed by atoms with Gasteiger partial charge in [0.25, 0.3) is 0 Å². The van der Waals surface area contributed by atoms with Gasteiger partial charge in [0.1, 0.15) is 16.6 Å². The summed E-state index contributed by atoms with van der Waals surface area (Å²) in [6.45, 7) is 0. The van der Waals surface area contributed by atoms with Crippen molar-refractivity contribution in [3.05, 3.63) is 28.0 Å². The van der Waals surface area contributed by atoms with Crippen molar-refractivity contribution in [3.8, 4) is 22.4 Å². The molecule has 2 aromatic rings. The van der Waals surface area contributed by atoms with Crippen molar-refractivity contribution in [2.75, 3.05) is 7.11 Å². The average molecular weight is 249 g/mol. The number of rotatable bonds is 2. The number of H-pyrrole nitrogens is 1. The summed E-state index contributed by atoms with van der Waals surface area (Å²) in [7, 11) is 1.54. The second-order valence-corrected chi connectivity index (χ2v) is 4.36. The number of hydrogen-bond donors (Lipinski definition) is 1. The predicted octanol–water partition coefficient (Wildman–Crippen LogP) is 2.75. The summed E-state index contributed by atoms with van der Waals surface area (Å²) in [4.78, 5) is 8.47. The van der Waals surface area contributed by atoms with Crippen LogP contribution < -0.4 is 4.74 Å². The molecule has 0 aromatic carbocycles. The van der Waals surface area contributed by atoms with E-state index in [4.69, 9.17) is 22.2 Å². The van der Waals surface area contributed by atoms with Gasteiger partial charge in [-0.3, -0.25) is 0 Å². The minimum absolute atomic E-state index is 0.406. The molecule has 0 fully saturated rings. The molecular formula is C10H7N3OS2. The molecule has 0 aliphatic heterocycles. The van der Waals surface area contributed by atoms with Crippen LogP contribution in [0.5, 0.6) is 5.75 Å². The first kappa shape index (κ1) is 10.8. The van der Waals surface area contributed by atoms with E-state index in [0.29, 0.717) is 15.3 Å². The third-order valence-corrected chi connectivity index (χ3v) is 3.28. The van der Waals surface area contributed by atoms with E-state index < -0.39 is 0 Å². The molecule has 0 radical (unpaired) electrons. The molecule has 2 aromatic heterocycles. The molecule has 0 aliphatic rings. The van der Waals surface area contributed by atoms with Gasteiger partial charge in [0, 0.05) is 0 Å². The molecular weight excluding hydrogens is 242 g/mol. The van der Waals surface area contributed by atoms with E-state index in [-0.39, 0.29) is 0 Å². The third kappa shape index (κ3) is 1.83. The number of nitrogens with zero attached hydrogens (tertiary/aromatic N) is 2. The van der Waals surface area contributed by atoms with Crippen LogP contribution in [-0.4, -0.2) is 17.1 Å². The van der Waals surface area contributed by atoms with Crippen LogP contribution >= 0.6 is 23.6 Å². The van der Waals surface area contributed by atoms with E-state index in [1.807, 2.05) is 6.07 Å². The lowest BCUT2D eigenvalue weighted by Gasteiger charge is -2.05. The Morgan fingerprint density at radius 3 is 3.00 bits per heavy atom. The molecule has 80 valence electrons. The quantitative estimate of drug-likeness (QED) is 0.831. The van der Waals surface area contributed by atoms with Gasteiger partial charge in [0.15, 0.2) is 10.4 Å². The van der Waals surface area contributed by atoms with Gasteiger partial charge < -0.3 is 9.72 Å². The molecule has 0 spiro atoms. The van der Waals surface area contributed by atoms with Gasteiger partial charge in [-0.25, -0.2) is 4.98 Å². The summed E-state index contributed by atoms with van der Waals surface area (Å²) >= 11 is 6.44. The number of hydrogen-bond acceptors (Lipinski definition) is 5. The van der Waals surface area contributed by atoms with E-state index in [0.717, 1.165) is 10.6 Å². The van der Waals surface area contributed by atoms with Crippen LogP contribution in [0.4, 0.5) is 0 Å². The van der Waals surface area contributed by atoms with E-state index in [9.17, 15) is 0 Å². The Labute approximate surface area is 101 Å². The average Bonchev–Trinajstić information content (AvgIpc) is 2.77. The minimum Gasteiger partial charge on any atom is -0.491 e. The SMILES string of the molecule is COc1c(-c2ccc(C#N)s2)[nH]cnc1=S. The maximum atomic E-state index is 8.76. The van der Waals surface area contributed by atoms with Gasteiger partial charge in [0.05, 0.1) is 18.3 Å². The zero-order valence-corrected chi connectivity index (χ0v) is 9.98. The molecule has 2 rings (SSSR count). The van der Waals surface area contributed by atoms with Crippen LogP contribution in [0.25, 0.3) is 10.6 Å². The fourth-order valence-electron chi connectivity index (χ4n) is 1.29. The number of thiophene rings is 1. The molecule has 0 amide bonds. The van der Waals surface area contributed by atoms with Crippen LogP contribution in [0.2, 0.25) is 0 Å². The maximum Gasteiger partial charge on any atom is 0.180 e. The van der Waals surface area contributed by atoms with E-state index in [1.165, 1.54) is 17.7 Å². The summed E-state index contributed by atoms with van der Waals surface area (Å²) < 4.78 is 5.60. The second-order valence-electron chi connectivity index (χ2n) is 2.89. The number of nitriles is 1. The summed E-state index contributed by atoms with van der Waals surface area (Å²) in [5.41, 5.74) is 0.758. The highest BCUT2D eigenvalue weighted by molar-refractivity contribution is 7.71. The number of aromatic nitrogens is 2. The Bertz CT molecular complexity index is 609. The number of ether oxygens (including phenoxy) is 1. The van der Waals surface area contributed by atoms with Crippen LogP contribution in [0.3, 0.4) is 0 Å². The van der Waals surface area contributed by atoms with Crippen molar-refractivity contribution in [2.45, 2.75) is 0 Å². The van der Waals surface area contributed by atoms with Gasteiger partial charge in [0.2, 0.25) is 0 Å². The Morgan fingerprint density at radius 1 is 1.56 bits per heavy atom. The number of aromatic amines is 1. The zero-order chi connectivity index (χ0) is 11.5. The Balaban J connectivity index is 2.60. The van der Waals surface area contributed by atoms with Gasteiger partial charge in [-0.2, -0.15) is 5.26 Å². The molecule has 0 unspecified atom stereocenters. The van der Waals surface area contributed by atoms with Crippen molar-refractivity contribution in [1.82, 2.24) is 9.97 Å². The first-order valence-electron chi connectivity index (χ1n) is 4.38. The van der Waals surface area contributed by atoms with Gasteiger partial charge in [-0.15, -0.1) is 11.3 Å². The molecule has 0 saturated heterocycles. The van der Waals surface area contributed by atoms with E-state index >= 15 is 0 Å². The monoisotopic (exact) mass is 249 g/mol. The van der Waals surface area contributed by atoms with Gasteiger partial charge >= 0.3 is 0 Å². The van der Waals surface area contributed by atoms with Crippen LogP contribution in [0.1, 0.15) is 4.88 Å². The van der Waals surface area contributed by atoms with Crippen molar-refractivity contribution < 1.29 is 4.74 Å². The highest BCUT2D eigenvalue weighted by atomic mass is 32.1. The minimum atomic E-state index is 0.406. The van der Waals surface area contributed by atoms with Crippen LogP contribution in [-0.2, 0) is 0 Å². The standard InChI is InChI=1S/C10H7N3OS2/c1-14-9-8(12-5-13-10(9)15)7-3-2-6(4-11)16-7/h2-3,5H,1H3,(H,12,13,15). The summed E-state index contributed by atoms with van der Waals surface area (Å²) in [6.07, 6.45) is 1.52. The summed E-state index contributed by atoms with van der Waals surface area (Å²) in [6, 6.07) is 5.71. The number of methoxy groups -OCH3 is 1. The predicted molar refractivity (Wildman–Crippen MR) is 64.0 cm³/mol. The molecule has 0 atom stereocenters. The highest BCUT2D eigenvalue weighted by Gasteiger charge is 2.10. The maximum absolute atomic E-state index is 8.76. The molecule has 0 saturated carbocycles. The first-order chi connectivity index (χ1) is 7.76. The normalized spacial score (nSPS) is 9.75. The molecule has 6 heteroatoms. The van der Waals surface area contributed by atoms with E-state index in [2.05, 4.69) is 16.0 Å². The lowest BCUT2D eigenvalue weighted by atomic mass is 10.3. The topological polar surface area (TPSA) is 61.7 Å². The smallest absolute Gasteiger partial charge is 0.180 e. The molecule has 2 heterocycles. The van der Waals surface area contributed by atoms with E-state index in [1.54, 1.807) is 13.2 Å². The fourth-order valence-corrected chi connectivity index (χ4v) is 2.34. The van der Waals surface area contributed by atoms with Crippen molar-refractivity contribution >= 4 is 23.6 Å². The highest BCUT2D eigenvalue weighted by Crippen LogP contribution is 2.32. The zero-order valence-electron chi connectivity index (χ0n) is 8.35.